The number of rotatable bonds is 3. The van der Waals surface area contributed by atoms with Crippen LogP contribution in [-0.4, -0.2) is 0 Å². The summed E-state index contributed by atoms with van der Waals surface area (Å²) in [6.07, 6.45) is 0. The van der Waals surface area contributed by atoms with Gasteiger partial charge in [-0.25, -0.2) is 0 Å². The Morgan fingerprint density at radius 3 is 1.65 bits per heavy atom. The molecule has 0 saturated heterocycles. The molecule has 0 unspecified atom stereocenters. The van der Waals surface area contributed by atoms with Gasteiger partial charge in [0.25, 0.3) is 0 Å². The minimum atomic E-state index is 1.10. The van der Waals surface area contributed by atoms with Gasteiger partial charge in [0.2, 0.25) is 0 Å². The van der Waals surface area contributed by atoms with E-state index in [1.54, 1.807) is 0 Å². The fourth-order valence-corrected chi connectivity index (χ4v) is 2.44. The lowest BCUT2D eigenvalue weighted by atomic mass is 10.1. The Labute approximate surface area is 132 Å². The van der Waals surface area contributed by atoms with Crippen LogP contribution in [0.2, 0.25) is 0 Å². The van der Waals surface area contributed by atoms with E-state index in [1.807, 2.05) is 18.2 Å². The van der Waals surface area contributed by atoms with Crippen molar-refractivity contribution in [2.45, 2.75) is 0 Å². The standard InChI is InChI=1S/C18H14IN/c19-16-10-6-14(7-11-16)15-8-12-18(13-9-15)20-17-4-2-1-3-5-17/h1-13,20H. The van der Waals surface area contributed by atoms with Gasteiger partial charge in [-0.1, -0.05) is 42.5 Å². The van der Waals surface area contributed by atoms with Crippen LogP contribution in [0.3, 0.4) is 0 Å². The summed E-state index contributed by atoms with van der Waals surface area (Å²) < 4.78 is 1.26. The van der Waals surface area contributed by atoms with Crippen molar-refractivity contribution in [2.24, 2.45) is 0 Å². The molecular weight excluding hydrogens is 357 g/mol. The monoisotopic (exact) mass is 371 g/mol. The van der Waals surface area contributed by atoms with Gasteiger partial charge in [-0.3, -0.25) is 0 Å². The zero-order valence-corrected chi connectivity index (χ0v) is 13.0. The van der Waals surface area contributed by atoms with Crippen molar-refractivity contribution in [1.82, 2.24) is 0 Å². The highest BCUT2D eigenvalue weighted by molar-refractivity contribution is 14.1. The summed E-state index contributed by atoms with van der Waals surface area (Å²) in [4.78, 5) is 0. The summed E-state index contributed by atoms with van der Waals surface area (Å²) in [7, 11) is 0. The molecule has 0 amide bonds. The van der Waals surface area contributed by atoms with E-state index in [1.165, 1.54) is 14.7 Å². The fraction of sp³-hybridized carbons (Fsp3) is 0. The average Bonchev–Trinajstić information content (AvgIpc) is 2.50. The van der Waals surface area contributed by atoms with Gasteiger partial charge in [-0.05, 0) is 70.1 Å². The molecule has 0 atom stereocenters. The smallest absolute Gasteiger partial charge is 0.0384 e. The summed E-state index contributed by atoms with van der Waals surface area (Å²) in [6, 6.07) is 27.3. The third-order valence-corrected chi connectivity index (χ3v) is 3.84. The largest absolute Gasteiger partial charge is 0.356 e. The van der Waals surface area contributed by atoms with Gasteiger partial charge in [0.15, 0.2) is 0 Å². The SMILES string of the molecule is Ic1ccc(-c2ccc(Nc3ccccc3)cc2)cc1. The molecule has 3 aromatic carbocycles. The summed E-state index contributed by atoms with van der Waals surface area (Å²) in [5.74, 6) is 0. The van der Waals surface area contributed by atoms with Crippen molar-refractivity contribution in [3.63, 3.8) is 0 Å². The Morgan fingerprint density at radius 2 is 1.05 bits per heavy atom. The number of para-hydroxylation sites is 1. The van der Waals surface area contributed by atoms with Crippen LogP contribution in [0.5, 0.6) is 0 Å². The Kier molecular flexibility index (Phi) is 4.02. The molecule has 0 radical (unpaired) electrons. The van der Waals surface area contributed by atoms with E-state index in [-0.39, 0.29) is 0 Å². The molecule has 0 fully saturated rings. The third-order valence-electron chi connectivity index (χ3n) is 3.12. The van der Waals surface area contributed by atoms with Gasteiger partial charge in [-0.15, -0.1) is 0 Å². The third kappa shape index (κ3) is 3.20. The van der Waals surface area contributed by atoms with Gasteiger partial charge < -0.3 is 5.32 Å². The Bertz CT molecular complexity index is 673. The van der Waals surface area contributed by atoms with Crippen molar-refractivity contribution in [1.29, 1.82) is 0 Å². The lowest BCUT2D eigenvalue weighted by molar-refractivity contribution is 1.54. The molecule has 0 aliphatic carbocycles. The van der Waals surface area contributed by atoms with Crippen LogP contribution in [-0.2, 0) is 0 Å². The van der Waals surface area contributed by atoms with Crippen LogP contribution in [0.4, 0.5) is 11.4 Å². The van der Waals surface area contributed by atoms with Crippen LogP contribution in [0, 0.1) is 3.57 Å². The molecule has 3 aromatic rings. The van der Waals surface area contributed by atoms with Gasteiger partial charge >= 0.3 is 0 Å². The van der Waals surface area contributed by atoms with Crippen LogP contribution < -0.4 is 5.32 Å². The van der Waals surface area contributed by atoms with Crippen molar-refractivity contribution in [2.75, 3.05) is 5.32 Å². The van der Waals surface area contributed by atoms with E-state index in [0.717, 1.165) is 11.4 Å². The first-order valence-electron chi connectivity index (χ1n) is 6.49. The normalized spacial score (nSPS) is 10.2. The predicted molar refractivity (Wildman–Crippen MR) is 94.3 cm³/mol. The quantitative estimate of drug-likeness (QED) is 0.583. The summed E-state index contributed by atoms with van der Waals surface area (Å²) >= 11 is 2.32. The van der Waals surface area contributed by atoms with E-state index in [4.69, 9.17) is 0 Å². The molecule has 0 spiro atoms. The molecular formula is C18H14IN. The Morgan fingerprint density at radius 1 is 0.550 bits per heavy atom. The van der Waals surface area contributed by atoms with Crippen LogP contribution >= 0.6 is 22.6 Å². The maximum atomic E-state index is 3.39. The van der Waals surface area contributed by atoms with Gasteiger partial charge in [0.1, 0.15) is 0 Å². The minimum absolute atomic E-state index is 1.10. The molecule has 1 N–H and O–H groups in total. The number of hydrogen-bond donors (Lipinski definition) is 1. The molecule has 0 heterocycles. The second-order valence-corrected chi connectivity index (χ2v) is 5.82. The van der Waals surface area contributed by atoms with Crippen molar-refractivity contribution >= 4 is 34.0 Å². The van der Waals surface area contributed by atoms with E-state index >= 15 is 0 Å². The molecule has 0 saturated carbocycles. The maximum absolute atomic E-state index is 3.39. The van der Waals surface area contributed by atoms with Gasteiger partial charge in [-0.2, -0.15) is 0 Å². The summed E-state index contributed by atoms with van der Waals surface area (Å²) in [5, 5.41) is 3.39. The minimum Gasteiger partial charge on any atom is -0.356 e. The van der Waals surface area contributed by atoms with Gasteiger partial charge in [0, 0.05) is 14.9 Å². The van der Waals surface area contributed by atoms with Crippen molar-refractivity contribution in [3.05, 3.63) is 82.4 Å². The Hall–Kier alpha value is -1.81. The number of hydrogen-bond acceptors (Lipinski definition) is 1. The average molecular weight is 371 g/mol. The number of benzene rings is 3. The summed E-state index contributed by atoms with van der Waals surface area (Å²) in [6.45, 7) is 0. The predicted octanol–water partition coefficient (Wildman–Crippen LogP) is 5.70. The maximum Gasteiger partial charge on any atom is 0.0384 e. The van der Waals surface area contributed by atoms with E-state index in [2.05, 4.69) is 88.6 Å². The zero-order valence-electron chi connectivity index (χ0n) is 10.9. The molecule has 0 aliphatic heterocycles. The highest BCUT2D eigenvalue weighted by atomic mass is 127. The van der Waals surface area contributed by atoms with E-state index < -0.39 is 0 Å². The lowest BCUT2D eigenvalue weighted by Crippen LogP contribution is -1.89. The number of halogens is 1. The number of nitrogens with one attached hydrogen (secondary N) is 1. The second-order valence-electron chi connectivity index (χ2n) is 4.58. The van der Waals surface area contributed by atoms with E-state index in [9.17, 15) is 0 Å². The molecule has 1 nitrogen and oxygen atoms in total. The van der Waals surface area contributed by atoms with Crippen molar-refractivity contribution < 1.29 is 0 Å². The van der Waals surface area contributed by atoms with Crippen LogP contribution in [0.15, 0.2) is 78.9 Å². The molecule has 98 valence electrons. The topological polar surface area (TPSA) is 12.0 Å². The van der Waals surface area contributed by atoms with Gasteiger partial charge in [0.05, 0.1) is 0 Å². The molecule has 0 aromatic heterocycles. The molecule has 20 heavy (non-hydrogen) atoms. The second kappa shape index (κ2) is 6.09. The molecule has 2 heteroatoms. The Balaban J connectivity index is 1.79. The zero-order chi connectivity index (χ0) is 13.8. The highest BCUT2D eigenvalue weighted by Gasteiger charge is 1.98. The fourth-order valence-electron chi connectivity index (χ4n) is 2.08. The van der Waals surface area contributed by atoms with Crippen LogP contribution in [0.25, 0.3) is 11.1 Å². The van der Waals surface area contributed by atoms with E-state index in [0.29, 0.717) is 0 Å². The molecule has 3 rings (SSSR count). The lowest BCUT2D eigenvalue weighted by Gasteiger charge is -2.07. The number of anilines is 2. The van der Waals surface area contributed by atoms with Crippen molar-refractivity contribution in [3.8, 4) is 11.1 Å². The first-order chi connectivity index (χ1) is 9.81. The summed E-state index contributed by atoms with van der Waals surface area (Å²) in [5.41, 5.74) is 4.69. The first-order valence-corrected chi connectivity index (χ1v) is 7.57. The highest BCUT2D eigenvalue weighted by Crippen LogP contribution is 2.23. The molecule has 0 aliphatic rings. The molecule has 0 bridgehead atoms. The van der Waals surface area contributed by atoms with Crippen LogP contribution in [0.1, 0.15) is 0 Å². The first kappa shape index (κ1) is 13.2.